The van der Waals surface area contributed by atoms with E-state index in [4.69, 9.17) is 21.4 Å². The van der Waals surface area contributed by atoms with E-state index in [0.29, 0.717) is 16.3 Å². The molecule has 11 heteroatoms. The van der Waals surface area contributed by atoms with E-state index in [0.717, 1.165) is 0 Å². The van der Waals surface area contributed by atoms with E-state index in [1.54, 1.807) is 49.4 Å². The van der Waals surface area contributed by atoms with Crippen LogP contribution in [0.25, 0.3) is 11.3 Å². The van der Waals surface area contributed by atoms with Crippen LogP contribution in [0.5, 0.6) is 5.88 Å². The average Bonchev–Trinajstić information content (AvgIpc) is 3.02. The first kappa shape index (κ1) is 26.7. The standard InChI is InChI=1S/C26H27ClF2N4O4/c1-16(21(35)14-34)15-37-23-8-3-7-22(31-23)32-25(36)33-12-4-11-26(28,29)19-9-10-20(30-24(19)33)17-5-2-6-18(27)13-17/h2-3,5-10,13,16,21,34-35H,4,11-12,14-15H2,1H3,(H,31,32,36). The number of amides is 2. The summed E-state index contributed by atoms with van der Waals surface area (Å²) in [5.41, 5.74) is 0.715. The van der Waals surface area contributed by atoms with Gasteiger partial charge in [-0.1, -0.05) is 36.7 Å². The van der Waals surface area contributed by atoms with Crippen molar-refractivity contribution in [3.63, 3.8) is 0 Å². The second-order valence-corrected chi connectivity index (χ2v) is 9.30. The topological polar surface area (TPSA) is 108 Å². The molecule has 0 saturated carbocycles. The van der Waals surface area contributed by atoms with Crippen LogP contribution in [-0.2, 0) is 5.92 Å². The van der Waals surface area contributed by atoms with Crippen molar-refractivity contribution >= 4 is 29.3 Å². The van der Waals surface area contributed by atoms with Gasteiger partial charge in [-0.05, 0) is 36.8 Å². The Balaban J connectivity index is 1.58. The van der Waals surface area contributed by atoms with Crippen LogP contribution in [0.1, 0.15) is 25.3 Å². The van der Waals surface area contributed by atoms with Crippen LogP contribution in [0.3, 0.4) is 0 Å². The molecule has 0 fully saturated rings. The van der Waals surface area contributed by atoms with E-state index in [2.05, 4.69) is 15.3 Å². The lowest BCUT2D eigenvalue weighted by Crippen LogP contribution is -2.36. The van der Waals surface area contributed by atoms with E-state index in [1.165, 1.54) is 17.0 Å². The molecule has 0 radical (unpaired) electrons. The molecule has 0 bridgehead atoms. The number of nitrogens with zero attached hydrogens (tertiary/aromatic N) is 3. The molecule has 8 nitrogen and oxygen atoms in total. The summed E-state index contributed by atoms with van der Waals surface area (Å²) in [7, 11) is 0. The Morgan fingerprint density at radius 1 is 1.22 bits per heavy atom. The van der Waals surface area contributed by atoms with Crippen molar-refractivity contribution < 1.29 is 28.5 Å². The number of halogens is 3. The summed E-state index contributed by atoms with van der Waals surface area (Å²) in [5.74, 6) is -3.27. The Morgan fingerprint density at radius 3 is 2.76 bits per heavy atom. The molecule has 37 heavy (non-hydrogen) atoms. The quantitative estimate of drug-likeness (QED) is 0.391. The molecule has 2 unspecified atom stereocenters. The molecule has 2 aromatic heterocycles. The molecule has 3 aromatic rings. The average molecular weight is 533 g/mol. The van der Waals surface area contributed by atoms with Gasteiger partial charge in [0.2, 0.25) is 5.88 Å². The Hall–Kier alpha value is -3.34. The fourth-order valence-corrected chi connectivity index (χ4v) is 4.09. The Labute approximate surface area is 217 Å². The van der Waals surface area contributed by atoms with Gasteiger partial charge in [0.25, 0.3) is 5.92 Å². The molecule has 2 atom stereocenters. The van der Waals surface area contributed by atoms with E-state index < -0.39 is 31.1 Å². The summed E-state index contributed by atoms with van der Waals surface area (Å²) < 4.78 is 35.4. The van der Waals surface area contributed by atoms with Crippen molar-refractivity contribution in [2.75, 3.05) is 30.0 Å². The third-order valence-electron chi connectivity index (χ3n) is 6.06. The number of pyridine rings is 2. The van der Waals surface area contributed by atoms with Gasteiger partial charge in [0, 0.05) is 35.5 Å². The van der Waals surface area contributed by atoms with Crippen molar-refractivity contribution in [1.82, 2.24) is 9.97 Å². The fourth-order valence-electron chi connectivity index (χ4n) is 3.90. The number of nitrogens with one attached hydrogen (secondary N) is 1. The second kappa shape index (κ2) is 11.4. The minimum absolute atomic E-state index is 0.0349. The van der Waals surface area contributed by atoms with Gasteiger partial charge in [-0.15, -0.1) is 0 Å². The molecule has 3 N–H and O–H groups in total. The SMILES string of the molecule is CC(COc1cccc(NC(=O)N2CCCC(F)(F)c3ccc(-c4cccc(Cl)c4)nc32)n1)C(O)CO. The number of anilines is 2. The molecule has 4 rings (SSSR count). The van der Waals surface area contributed by atoms with E-state index in [-0.39, 0.29) is 48.6 Å². The molecule has 196 valence electrons. The predicted octanol–water partition coefficient (Wildman–Crippen LogP) is 5.09. The molecule has 3 heterocycles. The summed E-state index contributed by atoms with van der Waals surface area (Å²) in [4.78, 5) is 23.2. The Morgan fingerprint density at radius 2 is 2.00 bits per heavy atom. The first-order chi connectivity index (χ1) is 17.7. The number of aliphatic hydroxyl groups excluding tert-OH is 2. The van der Waals surface area contributed by atoms with E-state index >= 15 is 0 Å². The lowest BCUT2D eigenvalue weighted by molar-refractivity contribution is -0.0122. The number of ether oxygens (including phenoxy) is 1. The summed E-state index contributed by atoms with van der Waals surface area (Å²) in [6.45, 7) is 1.45. The van der Waals surface area contributed by atoms with Crippen LogP contribution in [-0.4, -0.2) is 52.1 Å². The normalized spacial score (nSPS) is 16.3. The van der Waals surface area contributed by atoms with Crippen LogP contribution in [0.4, 0.5) is 25.2 Å². The number of hydrogen-bond acceptors (Lipinski definition) is 6. The van der Waals surface area contributed by atoms with Crippen molar-refractivity contribution in [2.24, 2.45) is 5.92 Å². The van der Waals surface area contributed by atoms with Crippen molar-refractivity contribution in [1.29, 1.82) is 0 Å². The zero-order chi connectivity index (χ0) is 26.6. The van der Waals surface area contributed by atoms with Gasteiger partial charge in [0.1, 0.15) is 11.6 Å². The number of aliphatic hydroxyl groups is 2. The summed E-state index contributed by atoms with van der Waals surface area (Å²) in [6, 6.07) is 13.7. The summed E-state index contributed by atoms with van der Waals surface area (Å²) in [5, 5.41) is 21.9. The number of hydrogen-bond donors (Lipinski definition) is 3. The molecule has 0 aliphatic carbocycles. The van der Waals surface area contributed by atoms with Gasteiger partial charge in [-0.3, -0.25) is 10.2 Å². The van der Waals surface area contributed by atoms with Gasteiger partial charge in [0.05, 0.1) is 30.6 Å². The zero-order valence-corrected chi connectivity index (χ0v) is 20.8. The number of benzene rings is 1. The van der Waals surface area contributed by atoms with Crippen LogP contribution < -0.4 is 15.0 Å². The third kappa shape index (κ3) is 6.33. The second-order valence-electron chi connectivity index (χ2n) is 8.87. The molecular formula is C26H27ClF2N4O4. The number of alkyl halides is 2. The maximum absolute atomic E-state index is 14.9. The monoisotopic (exact) mass is 532 g/mol. The summed E-state index contributed by atoms with van der Waals surface area (Å²) in [6.07, 6.45) is -1.28. The maximum Gasteiger partial charge on any atom is 0.328 e. The molecule has 1 aliphatic heterocycles. The lowest BCUT2D eigenvalue weighted by Gasteiger charge is -2.23. The first-order valence-corrected chi connectivity index (χ1v) is 12.2. The molecule has 1 aromatic carbocycles. The van der Waals surface area contributed by atoms with Crippen molar-refractivity contribution in [3.8, 4) is 17.1 Å². The predicted molar refractivity (Wildman–Crippen MR) is 136 cm³/mol. The van der Waals surface area contributed by atoms with E-state index in [9.17, 15) is 18.7 Å². The molecule has 0 saturated heterocycles. The van der Waals surface area contributed by atoms with E-state index in [1.807, 2.05) is 0 Å². The summed E-state index contributed by atoms with van der Waals surface area (Å²) >= 11 is 6.09. The first-order valence-electron chi connectivity index (χ1n) is 11.8. The van der Waals surface area contributed by atoms with Gasteiger partial charge < -0.3 is 14.9 Å². The van der Waals surface area contributed by atoms with Crippen LogP contribution >= 0.6 is 11.6 Å². The van der Waals surface area contributed by atoms with Crippen LogP contribution in [0.2, 0.25) is 5.02 Å². The fraction of sp³-hybridized carbons (Fsp3) is 0.346. The van der Waals surface area contributed by atoms with Crippen molar-refractivity contribution in [2.45, 2.75) is 31.8 Å². The Kier molecular flexibility index (Phi) is 8.21. The number of urea groups is 1. The number of carbonyl (C=O) groups excluding carboxylic acids is 1. The van der Waals surface area contributed by atoms with Gasteiger partial charge >= 0.3 is 6.03 Å². The molecular weight excluding hydrogens is 506 g/mol. The lowest BCUT2D eigenvalue weighted by atomic mass is 10.0. The highest BCUT2D eigenvalue weighted by atomic mass is 35.5. The Bertz CT molecular complexity index is 1260. The highest BCUT2D eigenvalue weighted by molar-refractivity contribution is 6.30. The highest BCUT2D eigenvalue weighted by Crippen LogP contribution is 2.42. The largest absolute Gasteiger partial charge is 0.477 e. The molecule has 0 spiro atoms. The van der Waals surface area contributed by atoms with Crippen LogP contribution in [0, 0.1) is 5.92 Å². The number of aromatic nitrogens is 2. The van der Waals surface area contributed by atoms with Gasteiger partial charge in [-0.2, -0.15) is 4.98 Å². The highest BCUT2D eigenvalue weighted by Gasteiger charge is 2.40. The smallest absolute Gasteiger partial charge is 0.328 e. The number of rotatable bonds is 7. The van der Waals surface area contributed by atoms with Crippen LogP contribution in [0.15, 0.2) is 54.6 Å². The van der Waals surface area contributed by atoms with Gasteiger partial charge in [-0.25, -0.2) is 18.6 Å². The van der Waals surface area contributed by atoms with Crippen molar-refractivity contribution in [3.05, 3.63) is 65.2 Å². The molecule has 1 aliphatic rings. The van der Waals surface area contributed by atoms with Gasteiger partial charge in [0.15, 0.2) is 0 Å². The molecule has 2 amide bonds. The zero-order valence-electron chi connectivity index (χ0n) is 20.1. The third-order valence-corrected chi connectivity index (χ3v) is 6.29. The minimum atomic E-state index is -3.15. The minimum Gasteiger partial charge on any atom is -0.477 e. The maximum atomic E-state index is 14.9. The number of carbonyl (C=O) groups is 1. The number of fused-ring (bicyclic) bond motifs is 1.